The van der Waals surface area contributed by atoms with E-state index in [2.05, 4.69) is 5.32 Å². The molecular weight excluding hydrogens is 233 g/mol. The Morgan fingerprint density at radius 3 is 2.87 bits per heavy atom. The lowest BCUT2D eigenvalue weighted by Gasteiger charge is -2.14. The van der Waals surface area contributed by atoms with Crippen LogP contribution in [0.15, 0.2) is 18.2 Å². The van der Waals surface area contributed by atoms with E-state index in [0.29, 0.717) is 6.10 Å². The van der Waals surface area contributed by atoms with Crippen LogP contribution in [0.5, 0.6) is 5.75 Å². The fourth-order valence-electron chi connectivity index (χ4n) is 1.65. The topological polar surface area (TPSA) is 21.3 Å². The first-order valence-electron chi connectivity index (χ1n) is 4.89. The number of rotatable bonds is 2. The number of hydrogen-bond acceptors (Lipinski definition) is 2. The summed E-state index contributed by atoms with van der Waals surface area (Å²) in [6.45, 7) is 4.02. The molecule has 1 aliphatic rings. The van der Waals surface area contributed by atoms with Crippen molar-refractivity contribution in [1.29, 1.82) is 0 Å². The van der Waals surface area contributed by atoms with Gasteiger partial charge in [0, 0.05) is 11.6 Å². The van der Waals surface area contributed by atoms with Crippen LogP contribution in [0.3, 0.4) is 0 Å². The Morgan fingerprint density at radius 1 is 1.47 bits per heavy atom. The molecular formula is C11H15Cl2NO. The Hall–Kier alpha value is -0.440. The second kappa shape index (κ2) is 5.59. The Labute approximate surface area is 101 Å². The molecule has 0 aromatic heterocycles. The standard InChI is InChI=1S/C11H14ClNO.ClH/c1-8-6-9(12)2-3-11(8)14-10-4-5-13-7-10;/h2-3,6,10,13H,4-5,7H2,1H3;1H. The van der Waals surface area contributed by atoms with Crippen LogP contribution in [0.4, 0.5) is 0 Å². The van der Waals surface area contributed by atoms with Gasteiger partial charge in [0.25, 0.3) is 0 Å². The summed E-state index contributed by atoms with van der Waals surface area (Å²) < 4.78 is 5.84. The van der Waals surface area contributed by atoms with Crippen LogP contribution in [-0.2, 0) is 0 Å². The van der Waals surface area contributed by atoms with Gasteiger partial charge in [-0.1, -0.05) is 11.6 Å². The number of aryl methyl sites for hydroxylation is 1. The minimum Gasteiger partial charge on any atom is -0.489 e. The zero-order chi connectivity index (χ0) is 9.97. The number of benzene rings is 1. The van der Waals surface area contributed by atoms with E-state index in [4.69, 9.17) is 16.3 Å². The molecule has 1 saturated heterocycles. The second-order valence-electron chi connectivity index (χ2n) is 3.64. The SMILES string of the molecule is Cc1cc(Cl)ccc1OC1CCNC1.Cl. The molecule has 1 atom stereocenters. The van der Waals surface area contributed by atoms with Gasteiger partial charge in [0.2, 0.25) is 0 Å². The second-order valence-corrected chi connectivity index (χ2v) is 4.08. The molecule has 0 saturated carbocycles. The van der Waals surface area contributed by atoms with Crippen molar-refractivity contribution in [3.63, 3.8) is 0 Å². The van der Waals surface area contributed by atoms with Crippen molar-refractivity contribution in [2.24, 2.45) is 0 Å². The predicted molar refractivity (Wildman–Crippen MR) is 65.3 cm³/mol. The number of nitrogens with one attached hydrogen (secondary N) is 1. The van der Waals surface area contributed by atoms with Crippen LogP contribution in [0.1, 0.15) is 12.0 Å². The van der Waals surface area contributed by atoms with E-state index >= 15 is 0 Å². The van der Waals surface area contributed by atoms with Crippen molar-refractivity contribution in [1.82, 2.24) is 5.32 Å². The van der Waals surface area contributed by atoms with Gasteiger partial charge >= 0.3 is 0 Å². The maximum absolute atomic E-state index is 5.87. The molecule has 84 valence electrons. The summed E-state index contributed by atoms with van der Waals surface area (Å²) in [5.41, 5.74) is 1.10. The molecule has 2 rings (SSSR count). The minimum atomic E-state index is 0. The molecule has 4 heteroatoms. The van der Waals surface area contributed by atoms with Crippen molar-refractivity contribution >= 4 is 24.0 Å². The summed E-state index contributed by atoms with van der Waals surface area (Å²) in [7, 11) is 0. The van der Waals surface area contributed by atoms with Gasteiger partial charge in [0.1, 0.15) is 11.9 Å². The van der Waals surface area contributed by atoms with E-state index in [-0.39, 0.29) is 12.4 Å². The highest BCUT2D eigenvalue weighted by Crippen LogP contribution is 2.23. The monoisotopic (exact) mass is 247 g/mol. The van der Waals surface area contributed by atoms with Gasteiger partial charge in [-0.25, -0.2) is 0 Å². The van der Waals surface area contributed by atoms with Crippen LogP contribution in [-0.4, -0.2) is 19.2 Å². The molecule has 1 N–H and O–H groups in total. The number of halogens is 2. The highest BCUT2D eigenvalue weighted by Gasteiger charge is 2.16. The van der Waals surface area contributed by atoms with E-state index < -0.39 is 0 Å². The van der Waals surface area contributed by atoms with Crippen LogP contribution >= 0.6 is 24.0 Å². The number of ether oxygens (including phenoxy) is 1. The van der Waals surface area contributed by atoms with Crippen molar-refractivity contribution in [2.75, 3.05) is 13.1 Å². The Kier molecular flexibility index (Phi) is 4.71. The average Bonchev–Trinajstić information content (AvgIpc) is 2.62. The summed E-state index contributed by atoms with van der Waals surface area (Å²) in [5.74, 6) is 0.947. The molecule has 0 bridgehead atoms. The summed E-state index contributed by atoms with van der Waals surface area (Å²) in [6, 6.07) is 5.74. The molecule has 0 aliphatic carbocycles. The smallest absolute Gasteiger partial charge is 0.122 e. The molecule has 1 aromatic rings. The maximum atomic E-state index is 5.87. The molecule has 1 aliphatic heterocycles. The fraction of sp³-hybridized carbons (Fsp3) is 0.455. The van der Waals surface area contributed by atoms with Crippen molar-refractivity contribution < 1.29 is 4.74 Å². The quantitative estimate of drug-likeness (QED) is 0.868. The molecule has 1 aromatic carbocycles. The third kappa shape index (κ3) is 3.26. The highest BCUT2D eigenvalue weighted by atomic mass is 35.5. The van der Waals surface area contributed by atoms with Crippen LogP contribution in [0.25, 0.3) is 0 Å². The van der Waals surface area contributed by atoms with Gasteiger partial charge in [-0.2, -0.15) is 0 Å². The zero-order valence-electron chi connectivity index (χ0n) is 8.63. The van der Waals surface area contributed by atoms with Gasteiger partial charge in [0.05, 0.1) is 0 Å². The largest absolute Gasteiger partial charge is 0.489 e. The van der Waals surface area contributed by atoms with Gasteiger partial charge in [-0.05, 0) is 43.7 Å². The van der Waals surface area contributed by atoms with Gasteiger partial charge < -0.3 is 10.1 Å². The van der Waals surface area contributed by atoms with E-state index in [1.54, 1.807) is 0 Å². The zero-order valence-corrected chi connectivity index (χ0v) is 10.2. The van der Waals surface area contributed by atoms with Crippen molar-refractivity contribution in [3.05, 3.63) is 28.8 Å². The first kappa shape index (κ1) is 12.6. The van der Waals surface area contributed by atoms with E-state index in [9.17, 15) is 0 Å². The van der Waals surface area contributed by atoms with Crippen molar-refractivity contribution in [2.45, 2.75) is 19.4 Å². The molecule has 2 nitrogen and oxygen atoms in total. The normalized spacial score (nSPS) is 19.7. The van der Waals surface area contributed by atoms with Gasteiger partial charge in [-0.15, -0.1) is 12.4 Å². The van der Waals surface area contributed by atoms with Gasteiger partial charge in [-0.3, -0.25) is 0 Å². The summed E-state index contributed by atoms with van der Waals surface area (Å²) >= 11 is 5.87. The predicted octanol–water partition coefficient (Wildman–Crippen LogP) is 2.81. The lowest BCUT2D eigenvalue weighted by atomic mass is 10.2. The molecule has 0 amide bonds. The van der Waals surface area contributed by atoms with Crippen molar-refractivity contribution in [3.8, 4) is 5.75 Å². The Balaban J connectivity index is 0.00000112. The Morgan fingerprint density at radius 2 is 2.27 bits per heavy atom. The van der Waals surface area contributed by atoms with Crippen LogP contribution in [0.2, 0.25) is 5.02 Å². The molecule has 1 unspecified atom stereocenters. The highest BCUT2D eigenvalue weighted by molar-refractivity contribution is 6.30. The van der Waals surface area contributed by atoms with E-state index in [1.165, 1.54) is 0 Å². The third-order valence-electron chi connectivity index (χ3n) is 2.45. The maximum Gasteiger partial charge on any atom is 0.122 e. The summed E-state index contributed by atoms with van der Waals surface area (Å²) in [5, 5.41) is 4.04. The molecule has 0 spiro atoms. The van der Waals surface area contributed by atoms with E-state index in [1.807, 2.05) is 25.1 Å². The number of hydrogen-bond donors (Lipinski definition) is 1. The molecule has 1 fully saturated rings. The summed E-state index contributed by atoms with van der Waals surface area (Å²) in [6.07, 6.45) is 1.40. The molecule has 1 heterocycles. The fourth-order valence-corrected chi connectivity index (χ4v) is 1.88. The first-order valence-corrected chi connectivity index (χ1v) is 5.27. The molecule has 0 radical (unpaired) electrons. The lowest BCUT2D eigenvalue weighted by molar-refractivity contribution is 0.221. The summed E-state index contributed by atoms with van der Waals surface area (Å²) in [4.78, 5) is 0. The van der Waals surface area contributed by atoms with Gasteiger partial charge in [0.15, 0.2) is 0 Å². The Bertz CT molecular complexity index is 324. The minimum absolute atomic E-state index is 0. The average molecular weight is 248 g/mol. The molecule has 15 heavy (non-hydrogen) atoms. The third-order valence-corrected chi connectivity index (χ3v) is 2.68. The van der Waals surface area contributed by atoms with Crippen LogP contribution in [0, 0.1) is 6.92 Å². The first-order chi connectivity index (χ1) is 6.75. The lowest BCUT2D eigenvalue weighted by Crippen LogP contribution is -2.19. The van der Waals surface area contributed by atoms with E-state index in [0.717, 1.165) is 35.8 Å². The van der Waals surface area contributed by atoms with Crippen LogP contribution < -0.4 is 10.1 Å².